The molecule has 0 radical (unpaired) electrons. The summed E-state index contributed by atoms with van der Waals surface area (Å²) < 4.78 is 0. The molecule has 1 heterocycles. The lowest BCUT2D eigenvalue weighted by Crippen LogP contribution is -2.22. The fourth-order valence-electron chi connectivity index (χ4n) is 2.15. The van der Waals surface area contributed by atoms with Crippen LogP contribution in [0.15, 0.2) is 30.5 Å². The van der Waals surface area contributed by atoms with E-state index in [1.54, 1.807) is 0 Å². The molecule has 1 aromatic carbocycles. The van der Waals surface area contributed by atoms with E-state index < -0.39 is 0 Å². The molecule has 0 saturated heterocycles. The van der Waals surface area contributed by atoms with Gasteiger partial charge < -0.3 is 10.3 Å². The average molecular weight is 244 g/mol. The normalized spacial score (nSPS) is 12.2. The van der Waals surface area contributed by atoms with Gasteiger partial charge in [0.25, 0.3) is 0 Å². The number of H-pyrrole nitrogens is 1. The van der Waals surface area contributed by atoms with Gasteiger partial charge in [-0.05, 0) is 43.0 Å². The summed E-state index contributed by atoms with van der Waals surface area (Å²) in [4.78, 5) is 3.33. The second kappa shape index (κ2) is 5.57. The van der Waals surface area contributed by atoms with Crippen LogP contribution in [0.2, 0.25) is 0 Å². The van der Waals surface area contributed by atoms with E-state index in [1.165, 1.54) is 22.9 Å². The summed E-state index contributed by atoms with van der Waals surface area (Å²) in [5.41, 5.74) is 3.07. The first-order chi connectivity index (χ1) is 8.56. The molecule has 0 unspecified atom stereocenters. The maximum atomic E-state index is 3.53. The van der Waals surface area contributed by atoms with Gasteiger partial charge in [-0.3, -0.25) is 0 Å². The number of aromatic nitrogens is 1. The minimum absolute atomic E-state index is 0.424. The third-order valence-corrected chi connectivity index (χ3v) is 3.30. The van der Waals surface area contributed by atoms with Crippen molar-refractivity contribution >= 4 is 10.9 Å². The van der Waals surface area contributed by atoms with E-state index >= 15 is 0 Å². The fraction of sp³-hybridized carbons (Fsp3) is 0.500. The standard InChI is InChI=1S/C16H24N2/c1-16(2,3)9-11-17-10-8-13-12-18-15-7-5-4-6-14(13)15/h4-7,12,17-18H,8-11H2,1-3H3. The Morgan fingerprint density at radius 2 is 1.89 bits per heavy atom. The van der Waals surface area contributed by atoms with Crippen molar-refractivity contribution in [3.8, 4) is 0 Å². The van der Waals surface area contributed by atoms with Crippen LogP contribution in [0.1, 0.15) is 32.8 Å². The van der Waals surface area contributed by atoms with Crippen LogP contribution in [-0.4, -0.2) is 18.1 Å². The smallest absolute Gasteiger partial charge is 0.0456 e. The zero-order valence-corrected chi connectivity index (χ0v) is 11.7. The molecule has 0 saturated carbocycles. The first-order valence-corrected chi connectivity index (χ1v) is 6.82. The molecule has 0 bridgehead atoms. The highest BCUT2D eigenvalue weighted by Gasteiger charge is 2.08. The molecule has 0 aliphatic rings. The molecule has 0 spiro atoms. The summed E-state index contributed by atoms with van der Waals surface area (Å²) >= 11 is 0. The summed E-state index contributed by atoms with van der Waals surface area (Å²) in [6, 6.07) is 8.50. The molecule has 18 heavy (non-hydrogen) atoms. The average Bonchev–Trinajstić information content (AvgIpc) is 2.71. The Balaban J connectivity index is 1.80. The Kier molecular flexibility index (Phi) is 4.07. The number of para-hydroxylation sites is 1. The van der Waals surface area contributed by atoms with Gasteiger partial charge >= 0.3 is 0 Å². The Morgan fingerprint density at radius 3 is 2.67 bits per heavy atom. The lowest BCUT2D eigenvalue weighted by molar-refractivity contribution is 0.368. The van der Waals surface area contributed by atoms with Crippen molar-refractivity contribution in [2.75, 3.05) is 13.1 Å². The minimum atomic E-state index is 0.424. The van der Waals surface area contributed by atoms with E-state index in [0.717, 1.165) is 19.5 Å². The van der Waals surface area contributed by atoms with Crippen LogP contribution < -0.4 is 5.32 Å². The Labute approximate surface area is 110 Å². The van der Waals surface area contributed by atoms with Crippen molar-refractivity contribution in [1.82, 2.24) is 10.3 Å². The molecule has 0 aliphatic heterocycles. The van der Waals surface area contributed by atoms with Crippen LogP contribution in [0.3, 0.4) is 0 Å². The number of hydrogen-bond donors (Lipinski definition) is 2. The number of fused-ring (bicyclic) bond motifs is 1. The van der Waals surface area contributed by atoms with E-state index in [-0.39, 0.29) is 0 Å². The second-order valence-corrected chi connectivity index (χ2v) is 6.17. The van der Waals surface area contributed by atoms with Crippen LogP contribution in [0.4, 0.5) is 0 Å². The highest BCUT2D eigenvalue weighted by Crippen LogP contribution is 2.18. The van der Waals surface area contributed by atoms with E-state index in [9.17, 15) is 0 Å². The molecule has 0 fully saturated rings. The topological polar surface area (TPSA) is 27.8 Å². The maximum Gasteiger partial charge on any atom is 0.0456 e. The largest absolute Gasteiger partial charge is 0.361 e. The summed E-state index contributed by atoms with van der Waals surface area (Å²) in [5.74, 6) is 0. The van der Waals surface area contributed by atoms with Gasteiger partial charge in [-0.2, -0.15) is 0 Å². The van der Waals surface area contributed by atoms with Crippen molar-refractivity contribution in [3.05, 3.63) is 36.0 Å². The molecule has 98 valence electrons. The summed E-state index contributed by atoms with van der Waals surface area (Å²) in [6.45, 7) is 9.01. The van der Waals surface area contributed by atoms with Crippen molar-refractivity contribution in [1.29, 1.82) is 0 Å². The van der Waals surface area contributed by atoms with Gasteiger partial charge in [-0.15, -0.1) is 0 Å². The molecule has 2 N–H and O–H groups in total. The number of hydrogen-bond acceptors (Lipinski definition) is 1. The Hall–Kier alpha value is -1.28. The molecule has 0 aliphatic carbocycles. The van der Waals surface area contributed by atoms with Crippen molar-refractivity contribution in [2.45, 2.75) is 33.6 Å². The van der Waals surface area contributed by atoms with Crippen molar-refractivity contribution in [2.24, 2.45) is 5.41 Å². The monoisotopic (exact) mass is 244 g/mol. The van der Waals surface area contributed by atoms with Gasteiger partial charge in [-0.25, -0.2) is 0 Å². The summed E-state index contributed by atoms with van der Waals surface area (Å²) in [5, 5.41) is 4.89. The first-order valence-electron chi connectivity index (χ1n) is 6.82. The quantitative estimate of drug-likeness (QED) is 0.771. The fourth-order valence-corrected chi connectivity index (χ4v) is 2.15. The Bertz CT molecular complexity index is 491. The second-order valence-electron chi connectivity index (χ2n) is 6.17. The molecule has 1 aromatic heterocycles. The number of benzene rings is 1. The molecule has 2 heteroatoms. The predicted molar refractivity (Wildman–Crippen MR) is 78.9 cm³/mol. The predicted octanol–water partition coefficient (Wildman–Crippen LogP) is 3.74. The van der Waals surface area contributed by atoms with Crippen LogP contribution in [0, 0.1) is 5.41 Å². The summed E-state index contributed by atoms with van der Waals surface area (Å²) in [7, 11) is 0. The summed E-state index contributed by atoms with van der Waals surface area (Å²) in [6.07, 6.45) is 4.45. The van der Waals surface area contributed by atoms with Crippen LogP contribution in [0.25, 0.3) is 10.9 Å². The highest BCUT2D eigenvalue weighted by molar-refractivity contribution is 5.83. The zero-order chi connectivity index (χ0) is 13.0. The molecule has 2 aromatic rings. The molecular formula is C16H24N2. The van der Waals surface area contributed by atoms with E-state index in [2.05, 4.69) is 61.5 Å². The van der Waals surface area contributed by atoms with Gasteiger partial charge in [0, 0.05) is 17.1 Å². The van der Waals surface area contributed by atoms with Crippen LogP contribution in [0.5, 0.6) is 0 Å². The Morgan fingerprint density at radius 1 is 1.11 bits per heavy atom. The van der Waals surface area contributed by atoms with Gasteiger partial charge in [0.05, 0.1) is 0 Å². The van der Waals surface area contributed by atoms with Gasteiger partial charge in [0.15, 0.2) is 0 Å². The molecular weight excluding hydrogens is 220 g/mol. The number of nitrogens with one attached hydrogen (secondary N) is 2. The van der Waals surface area contributed by atoms with E-state index in [4.69, 9.17) is 0 Å². The van der Waals surface area contributed by atoms with Gasteiger partial charge in [0.2, 0.25) is 0 Å². The first kappa shape index (κ1) is 13.2. The number of aromatic amines is 1. The van der Waals surface area contributed by atoms with E-state index in [0.29, 0.717) is 5.41 Å². The van der Waals surface area contributed by atoms with Gasteiger partial charge in [0.1, 0.15) is 0 Å². The molecule has 2 nitrogen and oxygen atoms in total. The molecule has 0 atom stereocenters. The van der Waals surface area contributed by atoms with Crippen molar-refractivity contribution in [3.63, 3.8) is 0 Å². The minimum Gasteiger partial charge on any atom is -0.361 e. The maximum absolute atomic E-state index is 3.53. The third kappa shape index (κ3) is 3.61. The lowest BCUT2D eigenvalue weighted by atomic mass is 9.92. The lowest BCUT2D eigenvalue weighted by Gasteiger charge is -2.17. The SMILES string of the molecule is CC(C)(C)CCNCCc1c[nH]c2ccccc12. The van der Waals surface area contributed by atoms with Crippen molar-refractivity contribution < 1.29 is 0 Å². The molecule has 0 amide bonds. The van der Waals surface area contributed by atoms with Crippen LogP contribution >= 0.6 is 0 Å². The number of rotatable bonds is 5. The zero-order valence-electron chi connectivity index (χ0n) is 11.7. The van der Waals surface area contributed by atoms with Gasteiger partial charge in [-0.1, -0.05) is 39.0 Å². The molecule has 2 rings (SSSR count). The van der Waals surface area contributed by atoms with E-state index in [1.807, 2.05) is 0 Å². The highest BCUT2D eigenvalue weighted by atomic mass is 14.8. The van der Waals surface area contributed by atoms with Crippen LogP contribution in [-0.2, 0) is 6.42 Å². The third-order valence-electron chi connectivity index (χ3n) is 3.30.